The third-order valence-electron chi connectivity index (χ3n) is 2.40. The number of alkyl halides is 3. The lowest BCUT2D eigenvalue weighted by Gasteiger charge is -2.08. The van der Waals surface area contributed by atoms with Crippen LogP contribution >= 0.6 is 11.3 Å². The maximum Gasteiger partial charge on any atom is 0.405 e. The minimum Gasteiger partial charge on any atom is -0.343 e. The number of benzene rings is 1. The summed E-state index contributed by atoms with van der Waals surface area (Å²) in [6.07, 6.45) is -4.40. The second-order valence-corrected chi connectivity index (χ2v) is 4.80. The predicted octanol–water partition coefficient (Wildman–Crippen LogP) is 3.71. The monoisotopic (exact) mass is 285 g/mol. The topological polar surface area (TPSA) is 29.1 Å². The molecule has 1 amide bonds. The maximum atomic E-state index is 12.0. The van der Waals surface area contributed by atoms with Gasteiger partial charge in [0.1, 0.15) is 6.54 Å². The Bertz CT molecular complexity index is 546. The summed E-state index contributed by atoms with van der Waals surface area (Å²) in [5, 5.41) is 3.76. The van der Waals surface area contributed by atoms with Crippen LogP contribution in [0.1, 0.15) is 10.4 Å². The average molecular weight is 285 g/mol. The molecule has 1 N–H and O–H groups in total. The first-order chi connectivity index (χ1) is 8.96. The van der Waals surface area contributed by atoms with Gasteiger partial charge in [-0.1, -0.05) is 18.2 Å². The molecule has 0 aliphatic heterocycles. The fraction of sp³-hybridized carbons (Fsp3) is 0.154. The van der Waals surface area contributed by atoms with E-state index in [1.807, 2.05) is 22.8 Å². The van der Waals surface area contributed by atoms with Gasteiger partial charge in [-0.25, -0.2) is 0 Å². The Balaban J connectivity index is 2.04. The fourth-order valence-electron chi connectivity index (χ4n) is 1.51. The molecule has 2 aromatic rings. The third kappa shape index (κ3) is 3.82. The normalized spacial score (nSPS) is 11.3. The van der Waals surface area contributed by atoms with Crippen molar-refractivity contribution in [2.75, 3.05) is 6.54 Å². The summed E-state index contributed by atoms with van der Waals surface area (Å²) in [7, 11) is 0. The zero-order chi connectivity index (χ0) is 13.9. The molecule has 0 radical (unpaired) electrons. The smallest absolute Gasteiger partial charge is 0.343 e. The Kier molecular flexibility index (Phi) is 3.90. The molecule has 0 aliphatic carbocycles. The molecule has 0 saturated heterocycles. The van der Waals surface area contributed by atoms with Crippen LogP contribution in [0.15, 0.2) is 41.8 Å². The van der Waals surface area contributed by atoms with E-state index in [4.69, 9.17) is 0 Å². The van der Waals surface area contributed by atoms with Gasteiger partial charge < -0.3 is 5.32 Å². The van der Waals surface area contributed by atoms with E-state index < -0.39 is 18.6 Å². The number of amides is 1. The van der Waals surface area contributed by atoms with Crippen molar-refractivity contribution in [3.8, 4) is 10.4 Å². The van der Waals surface area contributed by atoms with E-state index in [1.54, 1.807) is 23.5 Å². The molecule has 19 heavy (non-hydrogen) atoms. The Hall–Kier alpha value is -1.82. The van der Waals surface area contributed by atoms with Gasteiger partial charge in [-0.15, -0.1) is 11.3 Å². The molecule has 0 aliphatic rings. The van der Waals surface area contributed by atoms with Crippen LogP contribution in [0, 0.1) is 0 Å². The first kappa shape index (κ1) is 13.6. The SMILES string of the molecule is O=C(NCC(F)(F)F)c1ccc(-c2cccs2)cc1. The highest BCUT2D eigenvalue weighted by Crippen LogP contribution is 2.24. The number of carbonyl (C=O) groups excluding carboxylic acids is 1. The molecule has 100 valence electrons. The molecule has 1 aromatic carbocycles. The maximum absolute atomic E-state index is 12.0. The van der Waals surface area contributed by atoms with E-state index >= 15 is 0 Å². The van der Waals surface area contributed by atoms with Crippen LogP contribution in [0.4, 0.5) is 13.2 Å². The lowest BCUT2D eigenvalue weighted by atomic mass is 10.1. The van der Waals surface area contributed by atoms with Gasteiger partial charge in [-0.3, -0.25) is 4.79 Å². The molecular weight excluding hydrogens is 275 g/mol. The quantitative estimate of drug-likeness (QED) is 0.915. The number of hydrogen-bond donors (Lipinski definition) is 1. The zero-order valence-electron chi connectivity index (χ0n) is 9.70. The van der Waals surface area contributed by atoms with Crippen molar-refractivity contribution < 1.29 is 18.0 Å². The van der Waals surface area contributed by atoms with E-state index in [1.165, 1.54) is 12.1 Å². The summed E-state index contributed by atoms with van der Waals surface area (Å²) >= 11 is 1.55. The highest BCUT2D eigenvalue weighted by atomic mass is 32.1. The highest BCUT2D eigenvalue weighted by Gasteiger charge is 2.27. The van der Waals surface area contributed by atoms with Crippen LogP contribution in [0.25, 0.3) is 10.4 Å². The van der Waals surface area contributed by atoms with E-state index in [0.717, 1.165) is 10.4 Å². The van der Waals surface area contributed by atoms with Gasteiger partial charge in [0, 0.05) is 10.4 Å². The number of nitrogens with one attached hydrogen (secondary N) is 1. The molecule has 0 unspecified atom stereocenters. The van der Waals surface area contributed by atoms with Crippen LogP contribution in [-0.4, -0.2) is 18.6 Å². The lowest BCUT2D eigenvalue weighted by molar-refractivity contribution is -0.123. The number of thiophene rings is 1. The molecule has 0 atom stereocenters. The predicted molar refractivity (Wildman–Crippen MR) is 68.1 cm³/mol. The molecule has 2 nitrogen and oxygen atoms in total. The molecule has 0 bridgehead atoms. The second kappa shape index (κ2) is 5.44. The molecule has 6 heteroatoms. The minimum absolute atomic E-state index is 0.213. The Morgan fingerprint density at radius 3 is 2.37 bits per heavy atom. The number of carbonyl (C=O) groups is 1. The van der Waals surface area contributed by atoms with E-state index in [2.05, 4.69) is 0 Å². The van der Waals surface area contributed by atoms with Gasteiger partial charge in [0.25, 0.3) is 5.91 Å². The first-order valence-corrected chi connectivity index (χ1v) is 6.32. The Labute approximate surface area is 111 Å². The first-order valence-electron chi connectivity index (χ1n) is 5.44. The lowest BCUT2D eigenvalue weighted by Crippen LogP contribution is -2.33. The van der Waals surface area contributed by atoms with Crippen molar-refractivity contribution in [1.29, 1.82) is 0 Å². The number of rotatable bonds is 3. The molecule has 0 saturated carbocycles. The summed E-state index contributed by atoms with van der Waals surface area (Å²) in [5.74, 6) is -0.727. The van der Waals surface area contributed by atoms with Crippen molar-refractivity contribution in [3.63, 3.8) is 0 Å². The summed E-state index contributed by atoms with van der Waals surface area (Å²) in [4.78, 5) is 12.5. The third-order valence-corrected chi connectivity index (χ3v) is 3.32. The molecule has 2 rings (SSSR count). The Morgan fingerprint density at radius 2 is 1.84 bits per heavy atom. The standard InChI is InChI=1S/C13H10F3NOS/c14-13(15,16)8-17-12(18)10-5-3-9(4-6-10)11-2-1-7-19-11/h1-7H,8H2,(H,17,18). The van der Waals surface area contributed by atoms with E-state index in [9.17, 15) is 18.0 Å². The van der Waals surface area contributed by atoms with Crippen LogP contribution < -0.4 is 5.32 Å². The van der Waals surface area contributed by atoms with Crippen molar-refractivity contribution in [3.05, 3.63) is 47.3 Å². The minimum atomic E-state index is -4.40. The van der Waals surface area contributed by atoms with Crippen LogP contribution in [0.5, 0.6) is 0 Å². The van der Waals surface area contributed by atoms with Crippen LogP contribution in [-0.2, 0) is 0 Å². The van der Waals surface area contributed by atoms with Crippen molar-refractivity contribution in [2.45, 2.75) is 6.18 Å². The molecule has 1 aromatic heterocycles. The van der Waals surface area contributed by atoms with Crippen LogP contribution in [0.3, 0.4) is 0 Å². The van der Waals surface area contributed by atoms with Gasteiger partial charge in [-0.2, -0.15) is 13.2 Å². The van der Waals surface area contributed by atoms with Gasteiger partial charge in [0.15, 0.2) is 0 Å². The summed E-state index contributed by atoms with van der Waals surface area (Å²) in [5.41, 5.74) is 1.15. The van der Waals surface area contributed by atoms with Crippen molar-refractivity contribution in [2.24, 2.45) is 0 Å². The highest BCUT2D eigenvalue weighted by molar-refractivity contribution is 7.13. The largest absolute Gasteiger partial charge is 0.405 e. The van der Waals surface area contributed by atoms with E-state index in [-0.39, 0.29) is 5.56 Å². The Morgan fingerprint density at radius 1 is 1.16 bits per heavy atom. The molecule has 0 spiro atoms. The van der Waals surface area contributed by atoms with Gasteiger partial charge in [-0.05, 0) is 29.1 Å². The van der Waals surface area contributed by atoms with Crippen LogP contribution in [0.2, 0.25) is 0 Å². The second-order valence-electron chi connectivity index (χ2n) is 3.85. The molecule has 1 heterocycles. The average Bonchev–Trinajstić information content (AvgIpc) is 2.89. The van der Waals surface area contributed by atoms with Crippen molar-refractivity contribution >= 4 is 17.2 Å². The number of hydrogen-bond acceptors (Lipinski definition) is 2. The molecular formula is C13H10F3NOS. The zero-order valence-corrected chi connectivity index (χ0v) is 10.5. The fourth-order valence-corrected chi connectivity index (χ4v) is 2.24. The van der Waals surface area contributed by atoms with Gasteiger partial charge >= 0.3 is 6.18 Å². The summed E-state index contributed by atoms with van der Waals surface area (Å²) in [6, 6.07) is 10.3. The van der Waals surface area contributed by atoms with Crippen molar-refractivity contribution in [1.82, 2.24) is 5.32 Å². The summed E-state index contributed by atoms with van der Waals surface area (Å²) < 4.78 is 35.9. The molecule has 0 fully saturated rings. The van der Waals surface area contributed by atoms with E-state index in [0.29, 0.717) is 0 Å². The number of halogens is 3. The summed E-state index contributed by atoms with van der Waals surface area (Å²) in [6.45, 7) is -1.32. The van der Waals surface area contributed by atoms with Gasteiger partial charge in [0.05, 0.1) is 0 Å². The van der Waals surface area contributed by atoms with Gasteiger partial charge in [0.2, 0.25) is 0 Å².